The van der Waals surface area contributed by atoms with Crippen LogP contribution in [0.25, 0.3) is 0 Å². The van der Waals surface area contributed by atoms with E-state index in [0.29, 0.717) is 11.6 Å². The molecule has 0 saturated carbocycles. The Labute approximate surface area is 256 Å². The van der Waals surface area contributed by atoms with Crippen LogP contribution in [-0.2, 0) is 0 Å². The van der Waals surface area contributed by atoms with Crippen molar-refractivity contribution in [1.82, 2.24) is 9.97 Å². The number of aromatic amines is 2. The number of hydrogen-bond acceptors (Lipinski definition) is 8. The van der Waals surface area contributed by atoms with Gasteiger partial charge in [-0.1, -0.05) is 0 Å². The molecule has 224 valence electrons. The van der Waals surface area contributed by atoms with Crippen LogP contribution >= 0.6 is 45.2 Å². The minimum Gasteiger partial charge on any atom is -0.545 e. The molecule has 0 radical (unpaired) electrons. The lowest BCUT2D eigenvalue weighted by molar-refractivity contribution is -0.378. The number of nitrogen functional groups attached to an aromatic ring is 2. The number of benzene rings is 2. The molecule has 0 amide bonds. The summed E-state index contributed by atoms with van der Waals surface area (Å²) in [5.74, 6) is -18.4. The smallest absolute Gasteiger partial charge is 0.209 e. The fourth-order valence-corrected chi connectivity index (χ4v) is 3.19. The molecule has 0 saturated heterocycles. The van der Waals surface area contributed by atoms with Gasteiger partial charge in [-0.25, -0.2) is 55.1 Å². The van der Waals surface area contributed by atoms with Crippen molar-refractivity contribution >= 4 is 68.8 Å². The number of nitrogens with zero attached hydrogens (tertiary/aromatic N) is 2. The molecule has 0 aliphatic carbocycles. The van der Waals surface area contributed by atoms with Crippen molar-refractivity contribution in [2.24, 2.45) is 0 Å². The maximum atomic E-state index is 12.7. The SMILES string of the molecule is Nc1c[nH+]ccn1.Nc1c[nH+]ccn1.O=C([O-])c1c(F)c(F)c(I)c(F)c1F.O=C([O-])c1c(F)c(F)c(I)c(F)c1F. The second-order valence-corrected chi connectivity index (χ2v) is 8.98. The first-order valence-corrected chi connectivity index (χ1v) is 12.3. The van der Waals surface area contributed by atoms with Gasteiger partial charge in [0.25, 0.3) is 0 Å². The molecule has 42 heavy (non-hydrogen) atoms. The van der Waals surface area contributed by atoms with Gasteiger partial charge >= 0.3 is 0 Å². The first kappa shape index (κ1) is 36.1. The van der Waals surface area contributed by atoms with Gasteiger partial charge in [0.2, 0.25) is 12.4 Å². The number of carbonyl (C=O) groups excluding carboxylic acids is 2. The highest BCUT2D eigenvalue weighted by Crippen LogP contribution is 2.25. The van der Waals surface area contributed by atoms with Crippen molar-refractivity contribution in [3.8, 4) is 0 Å². The predicted molar refractivity (Wildman–Crippen MR) is 137 cm³/mol. The number of carboxylic acid groups (broad SMARTS) is 2. The first-order valence-electron chi connectivity index (χ1n) is 10.1. The van der Waals surface area contributed by atoms with Crippen molar-refractivity contribution in [2.75, 3.05) is 11.5 Å². The Morgan fingerprint density at radius 1 is 0.595 bits per heavy atom. The van der Waals surface area contributed by atoms with Crippen molar-refractivity contribution in [3.63, 3.8) is 0 Å². The Morgan fingerprint density at radius 3 is 1.00 bits per heavy atom. The first-order chi connectivity index (χ1) is 19.5. The van der Waals surface area contributed by atoms with E-state index in [4.69, 9.17) is 11.5 Å². The van der Waals surface area contributed by atoms with Crippen LogP contribution < -0.4 is 31.6 Å². The second kappa shape index (κ2) is 16.5. The van der Waals surface area contributed by atoms with E-state index >= 15 is 0 Å². The van der Waals surface area contributed by atoms with Gasteiger partial charge in [-0.3, -0.25) is 0 Å². The molecule has 2 aromatic carbocycles. The molecule has 0 spiro atoms. The number of halogens is 10. The molecule has 0 bridgehead atoms. The third kappa shape index (κ3) is 9.56. The third-order valence-corrected chi connectivity index (χ3v) is 5.97. The van der Waals surface area contributed by atoms with Crippen LogP contribution in [0.2, 0.25) is 0 Å². The van der Waals surface area contributed by atoms with Crippen molar-refractivity contribution in [3.05, 3.63) is 102 Å². The zero-order valence-corrected chi connectivity index (χ0v) is 24.2. The number of anilines is 2. The molecule has 2 aromatic heterocycles. The van der Waals surface area contributed by atoms with Crippen LogP contribution in [0.1, 0.15) is 20.7 Å². The number of hydrogen-bond donors (Lipinski definition) is 2. The predicted octanol–water partition coefficient (Wildman–Crippen LogP) is 1.38. The fraction of sp³-hybridized carbons (Fsp3) is 0. The highest BCUT2D eigenvalue weighted by atomic mass is 127. The number of carbonyl (C=O) groups is 2. The second-order valence-electron chi connectivity index (χ2n) is 6.83. The van der Waals surface area contributed by atoms with E-state index in [2.05, 4.69) is 19.9 Å². The van der Waals surface area contributed by atoms with E-state index in [-0.39, 0.29) is 0 Å². The minimum atomic E-state index is -2.31. The molecule has 0 unspecified atom stereocenters. The summed E-state index contributed by atoms with van der Waals surface area (Å²) in [7, 11) is 0. The van der Waals surface area contributed by atoms with Gasteiger partial charge < -0.3 is 31.3 Å². The normalized spacial score (nSPS) is 9.76. The van der Waals surface area contributed by atoms with Crippen LogP contribution in [-0.4, -0.2) is 21.9 Å². The van der Waals surface area contributed by atoms with E-state index in [1.807, 2.05) is 0 Å². The van der Waals surface area contributed by atoms with Gasteiger partial charge in [-0.05, 0) is 45.2 Å². The Balaban J connectivity index is 0.000000294. The van der Waals surface area contributed by atoms with Crippen LogP contribution in [0.5, 0.6) is 0 Å². The zero-order valence-electron chi connectivity index (χ0n) is 19.9. The summed E-state index contributed by atoms with van der Waals surface area (Å²) >= 11 is 2.03. The van der Waals surface area contributed by atoms with Gasteiger partial charge in [0, 0.05) is 0 Å². The van der Waals surface area contributed by atoms with Crippen molar-refractivity contribution in [1.29, 1.82) is 0 Å². The average Bonchev–Trinajstić information content (AvgIpc) is 2.94. The molecular formula is C22H12F8I2N6O4. The van der Waals surface area contributed by atoms with Gasteiger partial charge in [-0.2, -0.15) is 0 Å². The summed E-state index contributed by atoms with van der Waals surface area (Å²) in [6.45, 7) is 0. The van der Waals surface area contributed by atoms with Gasteiger partial charge in [0.05, 0.1) is 42.6 Å². The molecule has 0 aliphatic heterocycles. The molecule has 20 heteroatoms. The van der Waals surface area contributed by atoms with Gasteiger partial charge in [0.1, 0.15) is 0 Å². The Hall–Kier alpha value is -3.96. The minimum absolute atomic E-state index is 0.516. The number of carboxylic acids is 2. The maximum Gasteiger partial charge on any atom is 0.209 e. The Kier molecular flexibility index (Phi) is 14.1. The number of nitrogens with two attached hydrogens (primary N) is 2. The van der Waals surface area contributed by atoms with Crippen molar-refractivity contribution < 1.29 is 64.9 Å². The summed E-state index contributed by atoms with van der Waals surface area (Å²) < 4.78 is 100.0. The molecular weight excluding hydrogens is 818 g/mol. The lowest BCUT2D eigenvalue weighted by Gasteiger charge is -2.08. The highest BCUT2D eigenvalue weighted by Gasteiger charge is 2.25. The number of aromatic carboxylic acids is 2. The summed E-state index contributed by atoms with van der Waals surface area (Å²) in [5, 5.41) is 20.3. The summed E-state index contributed by atoms with van der Waals surface area (Å²) in [4.78, 5) is 33.3. The number of aromatic nitrogens is 4. The van der Waals surface area contributed by atoms with E-state index in [1.165, 1.54) is 0 Å². The Bertz CT molecular complexity index is 1400. The number of H-pyrrole nitrogens is 2. The van der Waals surface area contributed by atoms with Crippen LogP contribution in [0.15, 0.2) is 37.2 Å². The molecule has 0 fully saturated rings. The lowest BCUT2D eigenvalue weighted by Crippen LogP contribution is -2.26. The summed E-state index contributed by atoms with van der Waals surface area (Å²) in [6.07, 6.45) is 9.87. The van der Waals surface area contributed by atoms with Gasteiger partial charge in [0.15, 0.2) is 70.6 Å². The monoisotopic (exact) mass is 830 g/mol. The molecule has 2 heterocycles. The molecule has 10 nitrogen and oxygen atoms in total. The molecule has 0 atom stereocenters. The van der Waals surface area contributed by atoms with Gasteiger partial charge in [-0.15, -0.1) is 0 Å². The number of nitrogens with one attached hydrogen (secondary N) is 2. The topological polar surface area (TPSA) is 186 Å². The largest absolute Gasteiger partial charge is 0.545 e. The van der Waals surface area contributed by atoms with Crippen LogP contribution in [0.4, 0.5) is 46.8 Å². The number of rotatable bonds is 2. The van der Waals surface area contributed by atoms with Crippen LogP contribution in [0, 0.1) is 53.7 Å². The van der Waals surface area contributed by atoms with Crippen molar-refractivity contribution in [2.45, 2.75) is 0 Å². The zero-order chi connectivity index (χ0) is 32.3. The quantitative estimate of drug-likeness (QED) is 0.131. The standard InChI is InChI=1S/2C7HF4IO2.2C4H5N3/c2*8-2-1(7(13)14)3(9)5(11)6(12)4(2)10;2*5-4-3-6-1-2-7-4/h2*(H,13,14);2*1-3H,(H2,5,7). The molecule has 4 aromatic rings. The van der Waals surface area contributed by atoms with E-state index in [1.54, 1.807) is 37.2 Å². The van der Waals surface area contributed by atoms with Crippen LogP contribution in [0.3, 0.4) is 0 Å². The molecule has 6 N–H and O–H groups in total. The lowest BCUT2D eigenvalue weighted by atomic mass is 10.2. The summed E-state index contributed by atoms with van der Waals surface area (Å²) in [5.41, 5.74) is 6.96. The van der Waals surface area contributed by atoms with E-state index in [9.17, 15) is 54.9 Å². The highest BCUT2D eigenvalue weighted by molar-refractivity contribution is 14.1. The van der Waals surface area contributed by atoms with E-state index < -0.39 is 76.7 Å². The summed E-state index contributed by atoms with van der Waals surface area (Å²) in [6, 6.07) is 0. The molecule has 0 aliphatic rings. The third-order valence-electron chi connectivity index (χ3n) is 4.08. The molecule has 4 rings (SSSR count). The fourth-order valence-electron chi connectivity index (χ4n) is 2.24. The maximum absolute atomic E-state index is 12.7. The Morgan fingerprint density at radius 2 is 0.857 bits per heavy atom. The average molecular weight is 830 g/mol. The van der Waals surface area contributed by atoms with E-state index in [0.717, 1.165) is 45.2 Å².